The van der Waals surface area contributed by atoms with Crippen LogP contribution >= 0.6 is 0 Å². The van der Waals surface area contributed by atoms with Crippen molar-refractivity contribution in [3.05, 3.63) is 72.6 Å². The van der Waals surface area contributed by atoms with Gasteiger partial charge in [0.25, 0.3) is 0 Å². The summed E-state index contributed by atoms with van der Waals surface area (Å²) in [5.74, 6) is 0.297. The summed E-state index contributed by atoms with van der Waals surface area (Å²) in [4.78, 5) is 8.56. The summed E-state index contributed by atoms with van der Waals surface area (Å²) in [5, 5.41) is 5.07. The van der Waals surface area contributed by atoms with Crippen molar-refractivity contribution in [3.8, 4) is 11.4 Å². The smallest absolute Gasteiger partial charge is 0.166 e. The molecule has 0 aliphatic carbocycles. The van der Waals surface area contributed by atoms with Crippen LogP contribution in [0.4, 0.5) is 10.2 Å². The molecule has 130 valence electrons. The number of nitrogens with zero attached hydrogens (tertiary/aromatic N) is 4. The van der Waals surface area contributed by atoms with Crippen LogP contribution < -0.4 is 10.5 Å². The first-order valence-electron chi connectivity index (χ1n) is 8.09. The molecule has 0 saturated carbocycles. The van der Waals surface area contributed by atoms with Crippen LogP contribution in [-0.2, 0) is 0 Å². The normalized spacial score (nSPS) is 12.2. The monoisotopic (exact) mass is 349 g/mol. The Morgan fingerprint density at radius 1 is 1.19 bits per heavy atom. The highest BCUT2D eigenvalue weighted by molar-refractivity contribution is 5.82. The molecule has 0 fully saturated rings. The number of anilines is 1. The van der Waals surface area contributed by atoms with Gasteiger partial charge in [0.1, 0.15) is 17.6 Å². The summed E-state index contributed by atoms with van der Waals surface area (Å²) in [6.45, 7) is 1.82. The summed E-state index contributed by atoms with van der Waals surface area (Å²) in [6, 6.07) is 12.6. The van der Waals surface area contributed by atoms with Crippen LogP contribution in [-0.4, -0.2) is 19.7 Å². The SMILES string of the molecule is C[C@H](Oc1cc2ccccc2nc1N)c1ncc(F)cc1-n1cccn1. The third-order valence-corrected chi connectivity index (χ3v) is 4.02. The zero-order chi connectivity index (χ0) is 18.1. The number of para-hydroxylation sites is 1. The summed E-state index contributed by atoms with van der Waals surface area (Å²) in [6.07, 6.45) is 4.01. The van der Waals surface area contributed by atoms with Crippen molar-refractivity contribution in [3.63, 3.8) is 0 Å². The molecule has 0 saturated heterocycles. The number of hydrogen-bond acceptors (Lipinski definition) is 5. The Morgan fingerprint density at radius 2 is 2.04 bits per heavy atom. The summed E-state index contributed by atoms with van der Waals surface area (Å²) in [5.41, 5.74) is 7.88. The lowest BCUT2D eigenvalue weighted by molar-refractivity contribution is 0.222. The van der Waals surface area contributed by atoms with E-state index >= 15 is 0 Å². The maximum atomic E-state index is 13.7. The van der Waals surface area contributed by atoms with Crippen LogP contribution in [0, 0.1) is 5.82 Å². The Labute approximate surface area is 149 Å². The first kappa shape index (κ1) is 16.0. The predicted molar refractivity (Wildman–Crippen MR) is 96.5 cm³/mol. The molecule has 0 bridgehead atoms. The maximum absolute atomic E-state index is 13.7. The lowest BCUT2D eigenvalue weighted by atomic mass is 10.2. The van der Waals surface area contributed by atoms with Gasteiger partial charge in [0.15, 0.2) is 11.6 Å². The molecule has 7 heteroatoms. The van der Waals surface area contributed by atoms with Gasteiger partial charge in [-0.1, -0.05) is 18.2 Å². The third-order valence-electron chi connectivity index (χ3n) is 4.02. The summed E-state index contributed by atoms with van der Waals surface area (Å²) < 4.78 is 21.2. The molecular weight excluding hydrogens is 333 g/mol. The lowest BCUT2D eigenvalue weighted by Crippen LogP contribution is -2.12. The highest BCUT2D eigenvalue weighted by Crippen LogP contribution is 2.30. The van der Waals surface area contributed by atoms with E-state index in [9.17, 15) is 4.39 Å². The molecule has 0 amide bonds. The fraction of sp³-hybridized carbons (Fsp3) is 0.105. The number of hydrogen-bond donors (Lipinski definition) is 1. The number of nitrogens with two attached hydrogens (primary N) is 1. The van der Waals surface area contributed by atoms with E-state index in [0.29, 0.717) is 22.9 Å². The first-order valence-corrected chi connectivity index (χ1v) is 8.09. The van der Waals surface area contributed by atoms with Crippen LogP contribution in [0.5, 0.6) is 5.75 Å². The van der Waals surface area contributed by atoms with Gasteiger partial charge in [-0.3, -0.25) is 4.98 Å². The molecule has 0 aliphatic heterocycles. The van der Waals surface area contributed by atoms with Crippen molar-refractivity contribution in [2.45, 2.75) is 13.0 Å². The predicted octanol–water partition coefficient (Wildman–Crippen LogP) is 3.68. The van der Waals surface area contributed by atoms with Gasteiger partial charge in [0.05, 0.1) is 17.4 Å². The maximum Gasteiger partial charge on any atom is 0.166 e. The molecule has 26 heavy (non-hydrogen) atoms. The van der Waals surface area contributed by atoms with Crippen molar-refractivity contribution in [2.24, 2.45) is 0 Å². The Morgan fingerprint density at radius 3 is 2.85 bits per heavy atom. The second-order valence-electron chi connectivity index (χ2n) is 5.83. The van der Waals surface area contributed by atoms with Crippen LogP contribution in [0.15, 0.2) is 61.1 Å². The zero-order valence-electron chi connectivity index (χ0n) is 14.0. The highest BCUT2D eigenvalue weighted by atomic mass is 19.1. The number of fused-ring (bicyclic) bond motifs is 1. The van der Waals surface area contributed by atoms with Gasteiger partial charge in [0, 0.05) is 23.8 Å². The molecule has 0 unspecified atom stereocenters. The van der Waals surface area contributed by atoms with Crippen molar-refractivity contribution in [1.29, 1.82) is 0 Å². The van der Waals surface area contributed by atoms with E-state index in [1.165, 1.54) is 6.07 Å². The van der Waals surface area contributed by atoms with Crippen molar-refractivity contribution >= 4 is 16.7 Å². The topological polar surface area (TPSA) is 78.9 Å². The average Bonchev–Trinajstić information content (AvgIpc) is 3.16. The molecule has 4 aromatic rings. The van der Waals surface area contributed by atoms with E-state index < -0.39 is 11.9 Å². The molecule has 4 rings (SSSR count). The van der Waals surface area contributed by atoms with Gasteiger partial charge in [-0.2, -0.15) is 5.10 Å². The van der Waals surface area contributed by atoms with Crippen LogP contribution in [0.1, 0.15) is 18.7 Å². The second kappa shape index (κ2) is 6.44. The molecule has 0 spiro atoms. The number of halogens is 1. The van der Waals surface area contributed by atoms with Crippen LogP contribution in [0.3, 0.4) is 0 Å². The fourth-order valence-corrected chi connectivity index (χ4v) is 2.80. The number of benzene rings is 1. The summed E-state index contributed by atoms with van der Waals surface area (Å²) in [7, 11) is 0. The van der Waals surface area contributed by atoms with Crippen molar-refractivity contribution < 1.29 is 9.13 Å². The lowest BCUT2D eigenvalue weighted by Gasteiger charge is -2.18. The molecule has 1 aromatic carbocycles. The van der Waals surface area contributed by atoms with Crippen LogP contribution in [0.2, 0.25) is 0 Å². The Bertz CT molecular complexity index is 1060. The minimum atomic E-state index is -0.486. The Kier molecular flexibility index (Phi) is 3.96. The van der Waals surface area contributed by atoms with Gasteiger partial charge < -0.3 is 10.5 Å². The second-order valence-corrected chi connectivity index (χ2v) is 5.83. The number of rotatable bonds is 4. The van der Waals surface area contributed by atoms with Gasteiger partial charge in [-0.05, 0) is 25.1 Å². The number of aromatic nitrogens is 4. The molecule has 0 aliphatic rings. The van der Waals surface area contributed by atoms with E-state index in [0.717, 1.165) is 17.1 Å². The van der Waals surface area contributed by atoms with Gasteiger partial charge in [0.2, 0.25) is 0 Å². The van der Waals surface area contributed by atoms with Crippen molar-refractivity contribution in [2.75, 3.05) is 5.73 Å². The minimum Gasteiger partial charge on any atom is -0.480 e. The fourth-order valence-electron chi connectivity index (χ4n) is 2.80. The minimum absolute atomic E-state index is 0.290. The first-order chi connectivity index (χ1) is 12.6. The number of ether oxygens (including phenoxy) is 1. The molecular formula is C19H16FN5O. The Hall–Kier alpha value is -3.48. The van der Waals surface area contributed by atoms with Gasteiger partial charge in [-0.15, -0.1) is 0 Å². The largest absolute Gasteiger partial charge is 0.480 e. The molecule has 1 atom stereocenters. The number of pyridine rings is 2. The molecule has 3 aromatic heterocycles. The highest BCUT2D eigenvalue weighted by Gasteiger charge is 2.18. The number of nitrogen functional groups attached to an aromatic ring is 1. The standard InChI is InChI=1S/C19H16FN5O/c1-12(18-16(10-14(20)11-22-18)25-8-4-7-23-25)26-17-9-13-5-2-3-6-15(13)24-19(17)21/h2-12H,1H3,(H2,21,24)/t12-/m0/s1. The van der Waals surface area contributed by atoms with Gasteiger partial charge >= 0.3 is 0 Å². The van der Waals surface area contributed by atoms with E-state index in [1.54, 1.807) is 23.1 Å². The van der Waals surface area contributed by atoms with Gasteiger partial charge in [-0.25, -0.2) is 14.1 Å². The van der Waals surface area contributed by atoms with E-state index in [1.807, 2.05) is 37.3 Å². The van der Waals surface area contributed by atoms with Crippen LogP contribution in [0.25, 0.3) is 16.6 Å². The molecule has 0 radical (unpaired) electrons. The zero-order valence-corrected chi connectivity index (χ0v) is 14.0. The van der Waals surface area contributed by atoms with E-state index in [4.69, 9.17) is 10.5 Å². The quantitative estimate of drug-likeness (QED) is 0.608. The average molecular weight is 349 g/mol. The third kappa shape index (κ3) is 2.95. The molecule has 2 N–H and O–H groups in total. The van der Waals surface area contributed by atoms with E-state index in [-0.39, 0.29) is 0 Å². The molecule has 6 nitrogen and oxygen atoms in total. The Balaban J connectivity index is 1.71. The van der Waals surface area contributed by atoms with E-state index in [2.05, 4.69) is 15.1 Å². The van der Waals surface area contributed by atoms with Crippen molar-refractivity contribution in [1.82, 2.24) is 19.7 Å². The summed E-state index contributed by atoms with van der Waals surface area (Å²) >= 11 is 0. The molecule has 3 heterocycles.